The van der Waals surface area contributed by atoms with Gasteiger partial charge in [0.15, 0.2) is 17.3 Å². The summed E-state index contributed by atoms with van der Waals surface area (Å²) >= 11 is 0. The van der Waals surface area contributed by atoms with Crippen LogP contribution in [0.15, 0.2) is 47.1 Å². The van der Waals surface area contributed by atoms with Gasteiger partial charge in [-0.3, -0.25) is 4.99 Å². The van der Waals surface area contributed by atoms with Crippen molar-refractivity contribution in [2.45, 2.75) is 0 Å². The number of aliphatic hydroxyl groups excluding tert-OH is 1. The number of allylic oxidation sites excluding steroid dienone is 1. The number of benzene rings is 2. The predicted molar refractivity (Wildman–Crippen MR) is 114 cm³/mol. The van der Waals surface area contributed by atoms with Crippen molar-refractivity contribution in [3.63, 3.8) is 0 Å². The van der Waals surface area contributed by atoms with Crippen LogP contribution in [0.2, 0.25) is 0 Å². The first kappa shape index (κ1) is 20.7. The van der Waals surface area contributed by atoms with Crippen LogP contribution < -0.4 is 14.2 Å². The van der Waals surface area contributed by atoms with Gasteiger partial charge in [0.25, 0.3) is 0 Å². The number of nitrogens with zero attached hydrogens (tertiary/aromatic N) is 4. The van der Waals surface area contributed by atoms with Gasteiger partial charge in [-0.15, -0.1) is 0 Å². The fraction of sp³-hybridized carbons (Fsp3) is 0.227. The molecule has 8 heteroatoms. The average Bonchev–Trinajstić information content (AvgIpc) is 3.10. The number of rotatable bonds is 7. The van der Waals surface area contributed by atoms with Crippen LogP contribution in [0.5, 0.6) is 17.2 Å². The van der Waals surface area contributed by atoms with Gasteiger partial charge in [0.05, 0.1) is 38.9 Å². The van der Waals surface area contributed by atoms with Crippen LogP contribution in [0.25, 0.3) is 16.6 Å². The number of para-hydroxylation sites is 2. The van der Waals surface area contributed by atoms with Crippen molar-refractivity contribution in [1.29, 1.82) is 5.26 Å². The number of aryl methyl sites for hydroxylation is 1. The molecule has 1 heterocycles. The Bertz CT molecular complexity index is 1150. The molecule has 0 saturated carbocycles. The molecule has 3 aromatic rings. The SMILES string of the molecule is COc1cc(C=NC/C(O)=C(\C#N)c2nc3ccccc3n2C)cc(OC)c1OC. The van der Waals surface area contributed by atoms with Gasteiger partial charge >= 0.3 is 0 Å². The van der Waals surface area contributed by atoms with Crippen LogP contribution in [0.3, 0.4) is 0 Å². The molecule has 0 unspecified atom stereocenters. The number of nitriles is 1. The van der Waals surface area contributed by atoms with E-state index in [4.69, 9.17) is 14.2 Å². The molecule has 0 aliphatic rings. The minimum atomic E-state index is -0.167. The molecular weight excluding hydrogens is 384 g/mol. The standard InChI is InChI=1S/C22H22N4O4/c1-26-17-8-6-5-7-16(17)25-22(26)15(11-23)18(27)13-24-12-14-9-19(28-2)21(30-4)20(10-14)29-3/h5-10,12,27H,13H2,1-4H3/b18-15-,24-12?. The zero-order valence-electron chi connectivity index (χ0n) is 17.2. The molecule has 0 spiro atoms. The van der Waals surface area contributed by atoms with Crippen LogP contribution in [0.4, 0.5) is 0 Å². The second kappa shape index (κ2) is 9.01. The number of aromatic nitrogens is 2. The summed E-state index contributed by atoms with van der Waals surface area (Å²) in [6, 6.07) is 13.0. The largest absolute Gasteiger partial charge is 0.509 e. The topological polar surface area (TPSA) is 102 Å². The van der Waals surface area contributed by atoms with E-state index < -0.39 is 0 Å². The zero-order chi connectivity index (χ0) is 21.7. The highest BCUT2D eigenvalue weighted by atomic mass is 16.5. The number of hydrogen-bond acceptors (Lipinski definition) is 7. The molecule has 2 aromatic carbocycles. The molecule has 0 saturated heterocycles. The second-order valence-electron chi connectivity index (χ2n) is 6.35. The van der Waals surface area contributed by atoms with E-state index in [0.29, 0.717) is 28.6 Å². The van der Waals surface area contributed by atoms with E-state index in [-0.39, 0.29) is 17.9 Å². The van der Waals surface area contributed by atoms with E-state index in [1.54, 1.807) is 30.0 Å². The van der Waals surface area contributed by atoms with Crippen LogP contribution in [0, 0.1) is 11.3 Å². The Balaban J connectivity index is 1.90. The maximum absolute atomic E-state index is 10.5. The Hall–Kier alpha value is -3.99. The number of ether oxygens (including phenoxy) is 3. The number of aliphatic hydroxyl groups is 1. The van der Waals surface area contributed by atoms with Crippen molar-refractivity contribution < 1.29 is 19.3 Å². The average molecular weight is 406 g/mol. The minimum absolute atomic E-state index is 0.0794. The van der Waals surface area contributed by atoms with Gasteiger partial charge in [-0.05, 0) is 29.8 Å². The highest BCUT2D eigenvalue weighted by Crippen LogP contribution is 2.37. The maximum Gasteiger partial charge on any atom is 0.203 e. The monoisotopic (exact) mass is 406 g/mol. The Kier molecular flexibility index (Phi) is 6.23. The van der Waals surface area contributed by atoms with Gasteiger partial charge in [-0.1, -0.05) is 12.1 Å². The van der Waals surface area contributed by atoms with Gasteiger partial charge in [-0.2, -0.15) is 5.26 Å². The second-order valence-corrected chi connectivity index (χ2v) is 6.35. The van der Waals surface area contributed by atoms with E-state index in [0.717, 1.165) is 11.0 Å². The lowest BCUT2D eigenvalue weighted by Crippen LogP contribution is -2.01. The smallest absolute Gasteiger partial charge is 0.203 e. The number of fused-ring (bicyclic) bond motifs is 1. The summed E-state index contributed by atoms with van der Waals surface area (Å²) in [5.74, 6) is 1.69. The molecule has 1 N–H and O–H groups in total. The molecule has 0 aliphatic carbocycles. The highest BCUT2D eigenvalue weighted by molar-refractivity contribution is 5.85. The van der Waals surface area contributed by atoms with Gasteiger partial charge in [0, 0.05) is 13.3 Å². The van der Waals surface area contributed by atoms with E-state index in [9.17, 15) is 10.4 Å². The lowest BCUT2D eigenvalue weighted by Gasteiger charge is -2.12. The van der Waals surface area contributed by atoms with Crippen molar-refractivity contribution in [2.75, 3.05) is 27.9 Å². The molecule has 0 aliphatic heterocycles. The molecular formula is C22H22N4O4. The quantitative estimate of drug-likeness (QED) is 0.366. The molecule has 0 amide bonds. The van der Waals surface area contributed by atoms with Gasteiger partial charge in [-0.25, -0.2) is 4.98 Å². The Labute approximate surface area is 174 Å². The van der Waals surface area contributed by atoms with Crippen molar-refractivity contribution in [3.8, 4) is 23.3 Å². The fourth-order valence-corrected chi connectivity index (χ4v) is 3.11. The lowest BCUT2D eigenvalue weighted by atomic mass is 10.2. The fourth-order valence-electron chi connectivity index (χ4n) is 3.11. The van der Waals surface area contributed by atoms with Crippen molar-refractivity contribution in [1.82, 2.24) is 9.55 Å². The molecule has 1 aromatic heterocycles. The van der Waals surface area contributed by atoms with Gasteiger partial charge in [0.2, 0.25) is 5.75 Å². The summed E-state index contributed by atoms with van der Waals surface area (Å²) in [7, 11) is 6.39. The summed E-state index contributed by atoms with van der Waals surface area (Å²) in [5.41, 5.74) is 2.39. The first-order valence-electron chi connectivity index (χ1n) is 9.07. The first-order valence-corrected chi connectivity index (χ1v) is 9.07. The molecule has 0 radical (unpaired) electrons. The third-order valence-corrected chi connectivity index (χ3v) is 4.58. The number of methoxy groups -OCH3 is 3. The third-order valence-electron chi connectivity index (χ3n) is 4.58. The van der Waals surface area contributed by atoms with E-state index in [1.165, 1.54) is 21.3 Å². The van der Waals surface area contributed by atoms with Crippen molar-refractivity contribution >= 4 is 22.8 Å². The molecule has 8 nitrogen and oxygen atoms in total. The molecule has 3 rings (SSSR count). The molecule has 0 bridgehead atoms. The van der Waals surface area contributed by atoms with Crippen LogP contribution in [-0.2, 0) is 7.05 Å². The van der Waals surface area contributed by atoms with Crippen molar-refractivity contribution in [3.05, 3.63) is 53.5 Å². The molecule has 0 atom stereocenters. The third kappa shape index (κ3) is 3.91. The van der Waals surface area contributed by atoms with Crippen LogP contribution in [-0.4, -0.2) is 48.7 Å². The Morgan fingerprint density at radius 1 is 1.17 bits per heavy atom. The van der Waals surface area contributed by atoms with Crippen molar-refractivity contribution in [2.24, 2.45) is 12.0 Å². The molecule has 30 heavy (non-hydrogen) atoms. The number of aliphatic imine (C=N–C) groups is 1. The summed E-state index contributed by atoms with van der Waals surface area (Å²) in [6.07, 6.45) is 1.56. The summed E-state index contributed by atoms with van der Waals surface area (Å²) < 4.78 is 17.7. The Morgan fingerprint density at radius 2 is 1.83 bits per heavy atom. The number of hydrogen-bond donors (Lipinski definition) is 1. The van der Waals surface area contributed by atoms with Crippen LogP contribution >= 0.6 is 0 Å². The van der Waals surface area contributed by atoms with Gasteiger partial charge < -0.3 is 23.9 Å². The van der Waals surface area contributed by atoms with E-state index >= 15 is 0 Å². The summed E-state index contributed by atoms with van der Waals surface area (Å²) in [6.45, 7) is -0.0806. The normalized spacial score (nSPS) is 12.0. The predicted octanol–water partition coefficient (Wildman–Crippen LogP) is 3.51. The van der Waals surface area contributed by atoms with Gasteiger partial charge in [0.1, 0.15) is 17.4 Å². The van der Waals surface area contributed by atoms with E-state index in [1.807, 2.05) is 30.3 Å². The van der Waals surface area contributed by atoms with Crippen LogP contribution in [0.1, 0.15) is 11.4 Å². The maximum atomic E-state index is 10.5. The molecule has 0 fully saturated rings. The lowest BCUT2D eigenvalue weighted by molar-refractivity contribution is 0.324. The zero-order valence-corrected chi connectivity index (χ0v) is 17.2. The first-order chi connectivity index (χ1) is 14.5. The van der Waals surface area contributed by atoms with E-state index in [2.05, 4.69) is 9.98 Å². The summed E-state index contributed by atoms with van der Waals surface area (Å²) in [4.78, 5) is 8.71. The summed E-state index contributed by atoms with van der Waals surface area (Å²) in [5, 5.41) is 20.1. The minimum Gasteiger partial charge on any atom is -0.509 e. The Morgan fingerprint density at radius 3 is 2.40 bits per heavy atom. The molecule has 154 valence electrons. The highest BCUT2D eigenvalue weighted by Gasteiger charge is 2.16. The number of imidazole rings is 1.